The third-order valence-corrected chi connectivity index (χ3v) is 8.31. The average molecular weight is 613 g/mol. The molecule has 2 aliphatic rings. The zero-order valence-electron chi connectivity index (χ0n) is 23.1. The molecule has 2 heterocycles. The van der Waals surface area contributed by atoms with Gasteiger partial charge in [-0.1, -0.05) is 36.4 Å². The van der Waals surface area contributed by atoms with E-state index in [2.05, 4.69) is 40.0 Å². The molecule has 41 heavy (non-hydrogen) atoms. The summed E-state index contributed by atoms with van der Waals surface area (Å²) >= 11 is 3.72. The molecule has 2 amide bonds. The summed E-state index contributed by atoms with van der Waals surface area (Å²) in [6.07, 6.45) is 0. The van der Waals surface area contributed by atoms with Gasteiger partial charge < -0.3 is 19.7 Å². The largest absolute Gasteiger partial charge is 0.456 e. The lowest BCUT2D eigenvalue weighted by atomic mass is 9.77. The number of carbonyl (C=O) groups excluding carboxylic acids is 2. The van der Waals surface area contributed by atoms with Crippen molar-refractivity contribution >= 4 is 45.0 Å². The molecule has 0 fully saturated rings. The van der Waals surface area contributed by atoms with Gasteiger partial charge in [-0.05, 0) is 79.2 Å². The molecule has 4 aromatic carbocycles. The molecule has 1 N–H and O–H groups in total. The van der Waals surface area contributed by atoms with Crippen LogP contribution in [0.2, 0.25) is 0 Å². The molecule has 0 aliphatic carbocycles. The highest BCUT2D eigenvalue weighted by Gasteiger charge is 2.54. The fraction of sp³-hybridized carbons (Fsp3) is 0.212. The highest BCUT2D eigenvalue weighted by Crippen LogP contribution is 2.58. The number of carbonyl (C=O) groups is 2. The van der Waals surface area contributed by atoms with Crippen molar-refractivity contribution in [1.29, 1.82) is 0 Å². The number of rotatable bonds is 6. The van der Waals surface area contributed by atoms with Crippen LogP contribution in [-0.2, 0) is 10.3 Å². The molecule has 0 aromatic heterocycles. The minimum Gasteiger partial charge on any atom is -0.456 e. The Morgan fingerprint density at radius 2 is 1.54 bits per heavy atom. The molecule has 8 heteroatoms. The van der Waals surface area contributed by atoms with E-state index in [9.17, 15) is 9.59 Å². The first-order chi connectivity index (χ1) is 19.9. The van der Waals surface area contributed by atoms with E-state index in [1.165, 1.54) is 0 Å². The number of esters is 1. The molecular weight excluding hydrogens is 582 g/mol. The smallest absolute Gasteiger partial charge is 0.340 e. The van der Waals surface area contributed by atoms with E-state index in [4.69, 9.17) is 9.47 Å². The number of nitrogens with zero attached hydrogens (tertiary/aromatic N) is 2. The van der Waals surface area contributed by atoms with Gasteiger partial charge in [0, 0.05) is 52.6 Å². The lowest BCUT2D eigenvalue weighted by Gasteiger charge is -2.38. The zero-order chi connectivity index (χ0) is 28.7. The summed E-state index contributed by atoms with van der Waals surface area (Å²) in [7, 11) is 0. The summed E-state index contributed by atoms with van der Waals surface area (Å²) in [4.78, 5) is 30.7. The molecule has 4 aromatic rings. The third kappa shape index (κ3) is 4.25. The van der Waals surface area contributed by atoms with E-state index < -0.39 is 11.6 Å². The summed E-state index contributed by atoms with van der Waals surface area (Å²) in [5, 5.41) is 2.92. The van der Waals surface area contributed by atoms with Crippen molar-refractivity contribution in [2.24, 2.45) is 0 Å². The molecule has 0 bridgehead atoms. The second-order valence-corrected chi connectivity index (χ2v) is 10.7. The van der Waals surface area contributed by atoms with E-state index in [0.717, 1.165) is 29.9 Å². The fourth-order valence-corrected chi connectivity index (χ4v) is 6.30. The van der Waals surface area contributed by atoms with Gasteiger partial charge in [0.1, 0.15) is 11.5 Å². The number of hydrogen-bond acceptors (Lipinski definition) is 5. The van der Waals surface area contributed by atoms with Crippen molar-refractivity contribution < 1.29 is 19.1 Å². The van der Waals surface area contributed by atoms with Crippen LogP contribution in [0.25, 0.3) is 0 Å². The van der Waals surface area contributed by atoms with Crippen molar-refractivity contribution in [2.45, 2.75) is 26.4 Å². The van der Waals surface area contributed by atoms with Crippen LogP contribution in [-0.4, -0.2) is 31.6 Å². The molecule has 2 aliphatic heterocycles. The van der Waals surface area contributed by atoms with Crippen molar-refractivity contribution in [1.82, 2.24) is 5.32 Å². The van der Waals surface area contributed by atoms with Crippen molar-refractivity contribution in [3.8, 4) is 11.5 Å². The number of amides is 2. The Hall–Kier alpha value is -4.30. The van der Waals surface area contributed by atoms with Crippen LogP contribution in [0.1, 0.15) is 47.8 Å². The maximum Gasteiger partial charge on any atom is 0.340 e. The van der Waals surface area contributed by atoms with Crippen molar-refractivity contribution in [3.05, 3.63) is 112 Å². The number of para-hydroxylation sites is 1. The Morgan fingerprint density at radius 3 is 2.27 bits per heavy atom. The van der Waals surface area contributed by atoms with E-state index >= 15 is 0 Å². The summed E-state index contributed by atoms with van der Waals surface area (Å²) in [6, 6.07) is 26.4. The van der Waals surface area contributed by atoms with Gasteiger partial charge >= 0.3 is 12.0 Å². The molecule has 1 unspecified atom stereocenters. The Kier molecular flexibility index (Phi) is 6.95. The third-order valence-electron chi connectivity index (χ3n) is 7.68. The number of ether oxygens (including phenoxy) is 2. The normalized spacial score (nSPS) is 16.2. The number of hydrogen-bond donors (Lipinski definition) is 1. The molecule has 1 spiro atoms. The molecular formula is C33H30BrN3O4. The number of urea groups is 1. The average Bonchev–Trinajstić information content (AvgIpc) is 3.28. The number of nitrogens with one attached hydrogen (secondary N) is 1. The van der Waals surface area contributed by atoms with Crippen LogP contribution >= 0.6 is 15.9 Å². The Bertz CT molecular complexity index is 1650. The van der Waals surface area contributed by atoms with Gasteiger partial charge in [-0.25, -0.2) is 9.59 Å². The highest BCUT2D eigenvalue weighted by atomic mass is 79.9. The van der Waals surface area contributed by atoms with E-state index in [1.54, 1.807) is 11.0 Å². The maximum absolute atomic E-state index is 13.5. The topological polar surface area (TPSA) is 71.1 Å². The molecule has 0 radical (unpaired) electrons. The van der Waals surface area contributed by atoms with Crippen LogP contribution < -0.4 is 19.9 Å². The summed E-state index contributed by atoms with van der Waals surface area (Å²) in [5.74, 6) is 0.758. The molecule has 1 atom stereocenters. The van der Waals surface area contributed by atoms with Gasteiger partial charge in [0.2, 0.25) is 0 Å². The highest BCUT2D eigenvalue weighted by molar-refractivity contribution is 9.10. The van der Waals surface area contributed by atoms with Crippen LogP contribution in [0.3, 0.4) is 0 Å². The second-order valence-electron chi connectivity index (χ2n) is 9.88. The van der Waals surface area contributed by atoms with Crippen LogP contribution in [0.15, 0.2) is 89.4 Å². The second kappa shape index (κ2) is 10.6. The number of anilines is 3. The van der Waals surface area contributed by atoms with Gasteiger partial charge in [-0.2, -0.15) is 0 Å². The van der Waals surface area contributed by atoms with Gasteiger partial charge in [0.15, 0.2) is 5.60 Å². The first-order valence-corrected chi connectivity index (χ1v) is 14.6. The number of halogens is 1. The molecule has 6 rings (SSSR count). The Balaban J connectivity index is 1.62. The quantitative estimate of drug-likeness (QED) is 0.226. The molecule has 7 nitrogen and oxygen atoms in total. The lowest BCUT2D eigenvalue weighted by molar-refractivity contribution is 0.0224. The van der Waals surface area contributed by atoms with Crippen molar-refractivity contribution in [2.75, 3.05) is 29.4 Å². The Labute approximate surface area is 247 Å². The van der Waals surface area contributed by atoms with Crippen LogP contribution in [0, 0.1) is 0 Å². The van der Waals surface area contributed by atoms with Crippen molar-refractivity contribution in [3.63, 3.8) is 0 Å². The van der Waals surface area contributed by atoms with E-state index in [1.807, 2.05) is 85.8 Å². The minimum absolute atomic E-state index is 0.279. The summed E-state index contributed by atoms with van der Waals surface area (Å²) < 4.78 is 13.6. The van der Waals surface area contributed by atoms with Crippen LogP contribution in [0.4, 0.5) is 21.9 Å². The van der Waals surface area contributed by atoms with Gasteiger partial charge in [0.05, 0.1) is 16.9 Å². The fourth-order valence-electron chi connectivity index (χ4n) is 5.80. The predicted molar refractivity (Wildman–Crippen MR) is 164 cm³/mol. The predicted octanol–water partition coefficient (Wildman–Crippen LogP) is 7.73. The molecule has 0 saturated heterocycles. The van der Waals surface area contributed by atoms with Crippen LogP contribution in [0.5, 0.6) is 11.5 Å². The Morgan fingerprint density at radius 1 is 0.829 bits per heavy atom. The summed E-state index contributed by atoms with van der Waals surface area (Å²) in [5.41, 5.74) is 3.67. The van der Waals surface area contributed by atoms with E-state index in [-0.39, 0.29) is 6.03 Å². The SMILES string of the molecule is CCNC(=O)N(c1ccccc1)c1cc2c(cc1Br)Oc1cc(N(CC)CC)ccc1C21OC(=O)c2ccccc21. The van der Waals surface area contributed by atoms with Gasteiger partial charge in [-0.3, -0.25) is 4.90 Å². The maximum atomic E-state index is 13.5. The van der Waals surface area contributed by atoms with E-state index in [0.29, 0.717) is 45.0 Å². The van der Waals surface area contributed by atoms with Gasteiger partial charge in [0.25, 0.3) is 0 Å². The number of fused-ring (bicyclic) bond motifs is 6. The standard InChI is InChI=1S/C33H30BrN3O4/c1-4-35-32(39)37(21-12-8-7-9-13-21)28-19-26-30(20-27(28)34)40-29-18-22(36(5-2)6-3)16-17-25(29)33(26)24-15-11-10-14-23(24)31(38)41-33/h7-20H,4-6H2,1-3H3,(H,35,39). The number of benzene rings is 4. The lowest BCUT2D eigenvalue weighted by Crippen LogP contribution is -2.38. The minimum atomic E-state index is -1.25. The zero-order valence-corrected chi connectivity index (χ0v) is 24.7. The molecule has 208 valence electrons. The summed E-state index contributed by atoms with van der Waals surface area (Å²) in [6.45, 7) is 8.26. The first kappa shape index (κ1) is 26.9. The monoisotopic (exact) mass is 611 g/mol. The molecule has 0 saturated carbocycles. The van der Waals surface area contributed by atoms with Gasteiger partial charge in [-0.15, -0.1) is 0 Å². The first-order valence-electron chi connectivity index (χ1n) is 13.8.